The maximum Gasteiger partial charge on any atom is -0.0129 e. The molecule has 0 spiro atoms. The van der Waals surface area contributed by atoms with Crippen molar-refractivity contribution in [2.24, 2.45) is 0 Å². The molecule has 1 rings (SSSR count). The highest BCUT2D eigenvalue weighted by molar-refractivity contribution is 5.38. The maximum atomic E-state index is 2.37. The molecule has 1 aromatic carbocycles. The van der Waals surface area contributed by atoms with Crippen molar-refractivity contribution in [1.82, 2.24) is 0 Å². The van der Waals surface area contributed by atoms with Crippen LogP contribution in [0.4, 0.5) is 0 Å². The van der Waals surface area contributed by atoms with E-state index in [0.717, 1.165) is 0 Å². The summed E-state index contributed by atoms with van der Waals surface area (Å²) in [6.45, 7) is 19.8. The molecule has 0 aliphatic heterocycles. The second-order valence-corrected chi connectivity index (χ2v) is 6.53. The second kappa shape index (κ2) is 5.71. The van der Waals surface area contributed by atoms with E-state index in [0.29, 0.717) is 0 Å². The van der Waals surface area contributed by atoms with Crippen LogP contribution in [0.25, 0.3) is 0 Å². The zero-order valence-corrected chi connectivity index (χ0v) is 13.2. The zero-order chi connectivity index (χ0) is 13.9. The Balaban J connectivity index is 0.00000121. The fourth-order valence-electron chi connectivity index (χ4n) is 1.90. The smallest absolute Gasteiger partial charge is 0.0129 e. The minimum atomic E-state index is 0.241. The van der Waals surface area contributed by atoms with Crippen molar-refractivity contribution in [3.05, 3.63) is 34.9 Å². The van der Waals surface area contributed by atoms with Gasteiger partial charge < -0.3 is 0 Å². The quantitative estimate of drug-likeness (QED) is 0.547. The average Bonchev–Trinajstić information content (AvgIpc) is 2.17. The lowest BCUT2D eigenvalue weighted by Crippen LogP contribution is -2.17. The average molecular weight is 234 g/mol. The third-order valence-corrected chi connectivity index (χ3v) is 2.91. The lowest BCUT2D eigenvalue weighted by molar-refractivity contribution is 0.566. The molecule has 0 unspecified atom stereocenters. The molecule has 0 saturated carbocycles. The molecule has 0 radical (unpaired) electrons. The summed E-state index contributed by atoms with van der Waals surface area (Å²) in [5.41, 5.74) is 4.78. The van der Waals surface area contributed by atoms with Gasteiger partial charge in [-0.3, -0.25) is 0 Å². The summed E-state index contributed by atoms with van der Waals surface area (Å²) in [6.07, 6.45) is 0. The van der Waals surface area contributed by atoms with Crippen molar-refractivity contribution in [3.8, 4) is 0 Å². The molecule has 0 amide bonds. The number of aryl methyl sites for hydroxylation is 1. The largest absolute Gasteiger partial charge is 0.0683 e. The van der Waals surface area contributed by atoms with Crippen LogP contribution >= 0.6 is 0 Å². The summed E-state index contributed by atoms with van der Waals surface area (Å²) < 4.78 is 0. The fourth-order valence-corrected chi connectivity index (χ4v) is 1.90. The molecule has 0 heteroatoms. The fraction of sp³-hybridized carbons (Fsp3) is 0.647. The molecule has 17 heavy (non-hydrogen) atoms. The van der Waals surface area contributed by atoms with Gasteiger partial charge in [0.2, 0.25) is 0 Å². The molecule has 0 N–H and O–H groups in total. The van der Waals surface area contributed by atoms with Gasteiger partial charge in [-0.2, -0.15) is 0 Å². The van der Waals surface area contributed by atoms with Crippen LogP contribution in [0, 0.1) is 6.92 Å². The topological polar surface area (TPSA) is 0 Å². The van der Waals surface area contributed by atoms with Crippen LogP contribution in [-0.2, 0) is 10.8 Å². The molecule has 0 heterocycles. The highest BCUT2D eigenvalue weighted by atomic mass is 14.2. The van der Waals surface area contributed by atoms with Crippen LogP contribution < -0.4 is 0 Å². The Morgan fingerprint density at radius 1 is 0.765 bits per heavy atom. The van der Waals surface area contributed by atoms with Gasteiger partial charge in [0, 0.05) is 0 Å². The number of benzene rings is 1. The van der Waals surface area contributed by atoms with E-state index in [1.54, 1.807) is 0 Å². The Morgan fingerprint density at radius 2 is 1.24 bits per heavy atom. The third kappa shape index (κ3) is 4.53. The Labute approximate surface area is 108 Å². The number of rotatable bonds is 0. The van der Waals surface area contributed by atoms with E-state index in [4.69, 9.17) is 0 Å². The number of hydrogen-bond acceptors (Lipinski definition) is 0. The lowest BCUT2D eigenvalue weighted by atomic mass is 9.79. The minimum Gasteiger partial charge on any atom is -0.0683 e. The third-order valence-electron chi connectivity index (χ3n) is 2.91. The minimum absolute atomic E-state index is 0.241. The van der Waals surface area contributed by atoms with Crippen molar-refractivity contribution in [2.75, 3.05) is 0 Å². The zero-order valence-electron chi connectivity index (χ0n) is 13.2. The summed E-state index contributed by atoms with van der Waals surface area (Å²) in [7, 11) is 0. The molecule has 0 saturated heterocycles. The molecule has 1 aromatic rings. The van der Waals surface area contributed by atoms with E-state index in [1.165, 1.54) is 16.7 Å². The van der Waals surface area contributed by atoms with E-state index in [2.05, 4.69) is 66.7 Å². The summed E-state index contributed by atoms with van der Waals surface area (Å²) in [5.74, 6) is 0. The van der Waals surface area contributed by atoms with Crippen LogP contribution in [0.5, 0.6) is 0 Å². The van der Waals surface area contributed by atoms with Crippen LogP contribution in [0.2, 0.25) is 0 Å². The highest BCUT2D eigenvalue weighted by Gasteiger charge is 2.20. The molecule has 0 nitrogen and oxygen atoms in total. The molecule has 0 aromatic heterocycles. The van der Waals surface area contributed by atoms with Gasteiger partial charge in [-0.05, 0) is 34.4 Å². The molecule has 0 atom stereocenters. The van der Waals surface area contributed by atoms with Crippen molar-refractivity contribution in [1.29, 1.82) is 0 Å². The van der Waals surface area contributed by atoms with Gasteiger partial charge in [-0.1, -0.05) is 73.6 Å². The van der Waals surface area contributed by atoms with Crippen molar-refractivity contribution >= 4 is 0 Å². The van der Waals surface area contributed by atoms with Gasteiger partial charge in [-0.25, -0.2) is 0 Å². The molecule has 0 bridgehead atoms. The van der Waals surface area contributed by atoms with Gasteiger partial charge in [0.25, 0.3) is 0 Å². The first-order chi connectivity index (χ1) is 7.62. The number of hydrogen-bond donors (Lipinski definition) is 0. The Morgan fingerprint density at radius 3 is 1.59 bits per heavy atom. The van der Waals surface area contributed by atoms with Crippen molar-refractivity contribution in [3.63, 3.8) is 0 Å². The first kappa shape index (κ1) is 16.2. The van der Waals surface area contributed by atoms with E-state index < -0.39 is 0 Å². The standard InChI is InChI=1S/C15H24.C2H6/c1-11-8-9-12(14(2,3)4)10-13(11)15(5,6)7;1-2/h8-10H,1-7H3;1-2H3. The monoisotopic (exact) mass is 234 g/mol. The maximum absolute atomic E-state index is 2.37. The van der Waals surface area contributed by atoms with Crippen molar-refractivity contribution < 1.29 is 0 Å². The summed E-state index contributed by atoms with van der Waals surface area (Å²) in [5, 5.41) is 0. The summed E-state index contributed by atoms with van der Waals surface area (Å²) in [4.78, 5) is 0. The summed E-state index contributed by atoms with van der Waals surface area (Å²) in [6, 6.07) is 6.88. The normalized spacial score (nSPS) is 11.8. The Kier molecular flexibility index (Phi) is 5.45. The van der Waals surface area contributed by atoms with Gasteiger partial charge in [0.1, 0.15) is 0 Å². The second-order valence-electron chi connectivity index (χ2n) is 6.53. The van der Waals surface area contributed by atoms with Crippen LogP contribution in [-0.4, -0.2) is 0 Å². The Bertz CT molecular complexity index is 345. The summed E-state index contributed by atoms with van der Waals surface area (Å²) >= 11 is 0. The van der Waals surface area contributed by atoms with E-state index in [1.807, 2.05) is 13.8 Å². The van der Waals surface area contributed by atoms with Gasteiger partial charge >= 0.3 is 0 Å². The molecule has 98 valence electrons. The Hall–Kier alpha value is -0.780. The lowest BCUT2D eigenvalue weighted by Gasteiger charge is -2.26. The molecule has 0 fully saturated rings. The van der Waals surface area contributed by atoms with Gasteiger partial charge in [0.05, 0.1) is 0 Å². The van der Waals surface area contributed by atoms with E-state index in [-0.39, 0.29) is 10.8 Å². The van der Waals surface area contributed by atoms with Crippen LogP contribution in [0.15, 0.2) is 18.2 Å². The first-order valence-electron chi connectivity index (χ1n) is 6.74. The molecule has 0 aliphatic rings. The van der Waals surface area contributed by atoms with Gasteiger partial charge in [0.15, 0.2) is 0 Å². The van der Waals surface area contributed by atoms with Crippen molar-refractivity contribution in [2.45, 2.75) is 73.1 Å². The highest BCUT2D eigenvalue weighted by Crippen LogP contribution is 2.30. The predicted molar refractivity (Wildman–Crippen MR) is 79.9 cm³/mol. The van der Waals surface area contributed by atoms with E-state index in [9.17, 15) is 0 Å². The first-order valence-corrected chi connectivity index (χ1v) is 6.74. The molecule has 0 aliphatic carbocycles. The SMILES string of the molecule is CC.Cc1ccc(C(C)(C)C)cc1C(C)(C)C. The molecular weight excluding hydrogens is 204 g/mol. The molecular formula is C17H30. The van der Waals surface area contributed by atoms with Gasteiger partial charge in [-0.15, -0.1) is 0 Å². The predicted octanol–water partition coefficient (Wildman–Crippen LogP) is 5.62. The van der Waals surface area contributed by atoms with Crippen LogP contribution in [0.1, 0.15) is 72.1 Å². The van der Waals surface area contributed by atoms with Crippen LogP contribution in [0.3, 0.4) is 0 Å². The van der Waals surface area contributed by atoms with E-state index >= 15 is 0 Å².